The summed E-state index contributed by atoms with van der Waals surface area (Å²) in [5, 5.41) is 10.3. The Balaban J connectivity index is 2.62. The highest BCUT2D eigenvalue weighted by Gasteiger charge is 2.00. The van der Waals surface area contributed by atoms with Crippen LogP contribution in [0.4, 0.5) is 0 Å². The number of thiophene rings is 1. The lowest BCUT2D eigenvalue weighted by Gasteiger charge is -1.95. The van der Waals surface area contributed by atoms with Crippen LogP contribution in [0.15, 0.2) is 26.7 Å². The predicted octanol–water partition coefficient (Wildman–Crippen LogP) is 3.04. The largest absolute Gasteiger partial charge is 0.207 e. The summed E-state index contributed by atoms with van der Waals surface area (Å²) in [6.07, 6.45) is 3.70. The minimum absolute atomic E-state index is 0.792. The third kappa shape index (κ3) is 2.89. The quantitative estimate of drug-likeness (QED) is 0.312. The van der Waals surface area contributed by atoms with Crippen LogP contribution in [0, 0.1) is 11.5 Å². The SMILES string of the molecule is CSC(=NC#N)Sc1cccs1. The van der Waals surface area contributed by atoms with Crippen molar-refractivity contribution in [2.45, 2.75) is 4.21 Å². The molecular formula is C7H6N2S3. The van der Waals surface area contributed by atoms with Crippen molar-refractivity contribution >= 4 is 39.2 Å². The fourth-order valence-corrected chi connectivity index (χ4v) is 2.90. The fraction of sp³-hybridized carbons (Fsp3) is 0.143. The zero-order valence-electron chi connectivity index (χ0n) is 6.35. The Morgan fingerprint density at radius 1 is 1.75 bits per heavy atom. The molecule has 12 heavy (non-hydrogen) atoms. The summed E-state index contributed by atoms with van der Waals surface area (Å²) < 4.78 is 1.96. The van der Waals surface area contributed by atoms with Crippen LogP contribution in [0.1, 0.15) is 0 Å². The van der Waals surface area contributed by atoms with E-state index in [-0.39, 0.29) is 0 Å². The van der Waals surface area contributed by atoms with E-state index >= 15 is 0 Å². The van der Waals surface area contributed by atoms with Crippen LogP contribution in [-0.4, -0.2) is 10.6 Å². The second kappa shape index (κ2) is 5.25. The Morgan fingerprint density at radius 3 is 3.08 bits per heavy atom. The average molecular weight is 214 g/mol. The Kier molecular flexibility index (Phi) is 4.22. The molecule has 0 aliphatic carbocycles. The van der Waals surface area contributed by atoms with Gasteiger partial charge in [-0.3, -0.25) is 0 Å². The number of nitrogens with zero attached hydrogens (tertiary/aromatic N) is 2. The lowest BCUT2D eigenvalue weighted by Crippen LogP contribution is -1.79. The van der Waals surface area contributed by atoms with Crippen molar-refractivity contribution in [3.8, 4) is 6.19 Å². The van der Waals surface area contributed by atoms with Crippen LogP contribution in [0.3, 0.4) is 0 Å². The minimum atomic E-state index is 0.792. The standard InChI is InChI=1S/C7H6N2S3/c1-10-7(9-5-8)12-6-3-2-4-11-6/h2-4H,1H3. The molecule has 0 fully saturated rings. The van der Waals surface area contributed by atoms with Crippen molar-refractivity contribution in [3.05, 3.63) is 17.5 Å². The molecule has 0 aliphatic heterocycles. The molecule has 0 radical (unpaired) electrons. The molecule has 0 aliphatic rings. The number of nitriles is 1. The monoisotopic (exact) mass is 214 g/mol. The molecule has 5 heteroatoms. The van der Waals surface area contributed by atoms with Crippen LogP contribution in [0.5, 0.6) is 0 Å². The van der Waals surface area contributed by atoms with E-state index in [0.29, 0.717) is 0 Å². The van der Waals surface area contributed by atoms with E-state index in [4.69, 9.17) is 5.26 Å². The Bertz CT molecular complexity index is 297. The summed E-state index contributed by atoms with van der Waals surface area (Å²) in [5.41, 5.74) is 0. The van der Waals surface area contributed by atoms with Crippen molar-refractivity contribution < 1.29 is 0 Å². The van der Waals surface area contributed by atoms with Gasteiger partial charge in [-0.15, -0.1) is 23.1 Å². The molecule has 0 unspecified atom stereocenters. The minimum Gasteiger partial charge on any atom is -0.170 e. The fourth-order valence-electron chi connectivity index (χ4n) is 0.559. The Morgan fingerprint density at radius 2 is 2.58 bits per heavy atom. The first-order valence-corrected chi connectivity index (χ1v) is 6.01. The molecule has 1 aromatic heterocycles. The molecule has 0 aromatic carbocycles. The summed E-state index contributed by atoms with van der Waals surface area (Å²) >= 11 is 4.67. The molecule has 0 bridgehead atoms. The van der Waals surface area contributed by atoms with Gasteiger partial charge in [0.25, 0.3) is 0 Å². The summed E-state index contributed by atoms with van der Waals surface area (Å²) in [6.45, 7) is 0. The molecule has 62 valence electrons. The van der Waals surface area contributed by atoms with Gasteiger partial charge in [0.05, 0.1) is 4.21 Å². The first kappa shape index (κ1) is 9.65. The second-order valence-electron chi connectivity index (χ2n) is 1.72. The maximum atomic E-state index is 8.34. The highest BCUT2D eigenvalue weighted by Crippen LogP contribution is 2.28. The highest BCUT2D eigenvalue weighted by molar-refractivity contribution is 8.39. The van der Waals surface area contributed by atoms with Gasteiger partial charge in [0.1, 0.15) is 4.38 Å². The van der Waals surface area contributed by atoms with Gasteiger partial charge in [-0.05, 0) is 17.7 Å². The third-order valence-corrected chi connectivity index (χ3v) is 3.99. The molecule has 0 saturated carbocycles. The zero-order valence-corrected chi connectivity index (χ0v) is 8.80. The van der Waals surface area contributed by atoms with Gasteiger partial charge >= 0.3 is 0 Å². The maximum Gasteiger partial charge on any atom is 0.207 e. The topological polar surface area (TPSA) is 36.1 Å². The van der Waals surface area contributed by atoms with Crippen molar-refractivity contribution in [1.82, 2.24) is 0 Å². The molecule has 1 rings (SSSR count). The number of aliphatic imine (C=N–C) groups is 1. The number of rotatable bonds is 1. The maximum absolute atomic E-state index is 8.34. The average Bonchev–Trinajstić information content (AvgIpc) is 2.56. The Labute approximate surface area is 83.7 Å². The van der Waals surface area contributed by atoms with Crippen LogP contribution >= 0.6 is 34.9 Å². The Hall–Kier alpha value is -0.440. The van der Waals surface area contributed by atoms with Crippen LogP contribution < -0.4 is 0 Å². The predicted molar refractivity (Wildman–Crippen MR) is 56.7 cm³/mol. The zero-order chi connectivity index (χ0) is 8.81. The van der Waals surface area contributed by atoms with E-state index in [2.05, 4.69) is 4.99 Å². The van der Waals surface area contributed by atoms with Gasteiger partial charge in [-0.25, -0.2) is 0 Å². The van der Waals surface area contributed by atoms with Crippen LogP contribution in [0.2, 0.25) is 0 Å². The van der Waals surface area contributed by atoms with Crippen LogP contribution in [0.25, 0.3) is 0 Å². The molecule has 1 aromatic rings. The van der Waals surface area contributed by atoms with Crippen molar-refractivity contribution in [1.29, 1.82) is 5.26 Å². The summed E-state index contributed by atoms with van der Waals surface area (Å²) in [4.78, 5) is 3.67. The summed E-state index contributed by atoms with van der Waals surface area (Å²) in [7, 11) is 0. The van der Waals surface area contributed by atoms with Gasteiger partial charge in [0.2, 0.25) is 6.19 Å². The lowest BCUT2D eigenvalue weighted by atomic mass is 10.7. The molecule has 0 atom stereocenters. The van der Waals surface area contributed by atoms with E-state index in [0.717, 1.165) is 4.38 Å². The number of hydrogen-bond acceptors (Lipinski definition) is 5. The van der Waals surface area contributed by atoms with Crippen molar-refractivity contribution in [2.24, 2.45) is 4.99 Å². The highest BCUT2D eigenvalue weighted by atomic mass is 32.2. The van der Waals surface area contributed by atoms with E-state index in [9.17, 15) is 0 Å². The first-order chi connectivity index (χ1) is 5.86. The molecule has 2 nitrogen and oxygen atoms in total. The number of thioether (sulfide) groups is 2. The van der Waals surface area contributed by atoms with Gasteiger partial charge in [0.15, 0.2) is 0 Å². The van der Waals surface area contributed by atoms with Gasteiger partial charge in [-0.1, -0.05) is 17.8 Å². The van der Waals surface area contributed by atoms with Gasteiger partial charge in [-0.2, -0.15) is 10.3 Å². The van der Waals surface area contributed by atoms with E-state index in [1.54, 1.807) is 17.5 Å². The molecule has 0 N–H and O–H groups in total. The van der Waals surface area contributed by atoms with E-state index in [1.165, 1.54) is 27.7 Å². The van der Waals surface area contributed by atoms with Gasteiger partial charge < -0.3 is 0 Å². The van der Waals surface area contributed by atoms with Crippen LogP contribution in [-0.2, 0) is 0 Å². The van der Waals surface area contributed by atoms with Crippen molar-refractivity contribution in [3.63, 3.8) is 0 Å². The number of hydrogen-bond donors (Lipinski definition) is 0. The third-order valence-electron chi connectivity index (χ3n) is 0.999. The lowest BCUT2D eigenvalue weighted by molar-refractivity contribution is 1.45. The first-order valence-electron chi connectivity index (χ1n) is 3.09. The summed E-state index contributed by atoms with van der Waals surface area (Å²) in [6, 6.07) is 4.00. The second-order valence-corrected chi connectivity index (χ2v) is 5.01. The molecule has 1 heterocycles. The van der Waals surface area contributed by atoms with Gasteiger partial charge in [0, 0.05) is 0 Å². The molecule has 0 saturated heterocycles. The smallest absolute Gasteiger partial charge is 0.170 e. The van der Waals surface area contributed by atoms with E-state index in [1.807, 2.05) is 23.8 Å². The van der Waals surface area contributed by atoms with Crippen molar-refractivity contribution in [2.75, 3.05) is 6.26 Å². The van der Waals surface area contributed by atoms with E-state index < -0.39 is 0 Å². The molecular weight excluding hydrogens is 208 g/mol. The summed E-state index contributed by atoms with van der Waals surface area (Å²) in [5.74, 6) is 0. The molecule has 0 spiro atoms. The normalized spacial score (nSPS) is 11.2. The molecule has 0 amide bonds.